The molecule has 2 rings (SSSR count). The number of carbonyl (C=O) groups excluding carboxylic acids is 4. The Morgan fingerprint density at radius 1 is 1.04 bits per heavy atom. The summed E-state index contributed by atoms with van der Waals surface area (Å²) < 4.78 is 19.2. The average molecular weight is 363 g/mol. The number of anilines is 1. The van der Waals surface area contributed by atoms with Gasteiger partial charge >= 0.3 is 23.9 Å². The lowest BCUT2D eigenvalue weighted by molar-refractivity contribution is -0.222. The van der Waals surface area contributed by atoms with E-state index in [4.69, 9.17) is 9.47 Å². The van der Waals surface area contributed by atoms with Crippen LogP contribution in [0, 0.1) is 0 Å². The first kappa shape index (κ1) is 19.0. The Balaban J connectivity index is 2.37. The van der Waals surface area contributed by atoms with E-state index in [1.807, 2.05) is 0 Å². The van der Waals surface area contributed by atoms with Crippen LogP contribution in [0.5, 0.6) is 0 Å². The largest absolute Gasteiger partial charge is 0.465 e. The Morgan fingerprint density at radius 3 is 2.15 bits per heavy atom. The van der Waals surface area contributed by atoms with Crippen molar-refractivity contribution in [3.05, 3.63) is 41.1 Å². The van der Waals surface area contributed by atoms with Gasteiger partial charge < -0.3 is 24.3 Å². The minimum Gasteiger partial charge on any atom is -0.465 e. The number of hydrogen-bond donors (Lipinski definition) is 1. The standard InChI is InChI=1S/C17H17NO8/c1-17(2)25-15(21)11(16(22)26-17)8-18-12-7-9(13(19)23-3)5-6-10(12)14(20)24-4/h5-8,18H,1-4H3. The first-order chi connectivity index (χ1) is 12.2. The summed E-state index contributed by atoms with van der Waals surface area (Å²) in [5.41, 5.74) is -0.0489. The van der Waals surface area contributed by atoms with E-state index in [0.717, 1.165) is 6.20 Å². The lowest BCUT2D eigenvalue weighted by atomic mass is 10.1. The first-order valence-corrected chi connectivity index (χ1v) is 7.42. The fraction of sp³-hybridized carbons (Fsp3) is 0.294. The van der Waals surface area contributed by atoms with Crippen molar-refractivity contribution in [2.24, 2.45) is 0 Å². The summed E-state index contributed by atoms with van der Waals surface area (Å²) in [5, 5.41) is 2.63. The third-order valence-corrected chi connectivity index (χ3v) is 3.33. The van der Waals surface area contributed by atoms with Crippen molar-refractivity contribution in [1.82, 2.24) is 0 Å². The van der Waals surface area contributed by atoms with Gasteiger partial charge in [0.2, 0.25) is 0 Å². The molecule has 0 aliphatic carbocycles. The van der Waals surface area contributed by atoms with Gasteiger partial charge in [0, 0.05) is 20.0 Å². The van der Waals surface area contributed by atoms with Gasteiger partial charge in [0.25, 0.3) is 5.79 Å². The number of carbonyl (C=O) groups is 4. The molecular formula is C17H17NO8. The lowest BCUT2D eigenvalue weighted by Gasteiger charge is -2.29. The molecule has 1 aliphatic rings. The highest BCUT2D eigenvalue weighted by Crippen LogP contribution is 2.24. The van der Waals surface area contributed by atoms with Crippen molar-refractivity contribution in [1.29, 1.82) is 0 Å². The first-order valence-electron chi connectivity index (χ1n) is 7.42. The molecule has 1 N–H and O–H groups in total. The smallest absolute Gasteiger partial charge is 0.350 e. The molecule has 1 saturated heterocycles. The van der Waals surface area contributed by atoms with Crippen molar-refractivity contribution in [3.63, 3.8) is 0 Å². The van der Waals surface area contributed by atoms with E-state index in [1.165, 1.54) is 46.3 Å². The fourth-order valence-corrected chi connectivity index (χ4v) is 2.12. The number of rotatable bonds is 4. The van der Waals surface area contributed by atoms with Crippen LogP contribution in [-0.4, -0.2) is 43.9 Å². The lowest BCUT2D eigenvalue weighted by Crippen LogP contribution is -2.42. The Morgan fingerprint density at radius 2 is 1.62 bits per heavy atom. The molecule has 9 nitrogen and oxygen atoms in total. The van der Waals surface area contributed by atoms with E-state index >= 15 is 0 Å². The zero-order chi connectivity index (χ0) is 19.5. The second kappa shape index (κ2) is 7.26. The van der Waals surface area contributed by atoms with Gasteiger partial charge in [-0.15, -0.1) is 0 Å². The number of benzene rings is 1. The molecule has 1 fully saturated rings. The van der Waals surface area contributed by atoms with E-state index < -0.39 is 35.2 Å². The molecule has 0 amide bonds. The number of ether oxygens (including phenoxy) is 4. The predicted octanol–water partition coefficient (Wildman–Crippen LogP) is 1.39. The molecule has 0 aromatic heterocycles. The van der Waals surface area contributed by atoms with Crippen LogP contribution >= 0.6 is 0 Å². The van der Waals surface area contributed by atoms with Crippen molar-refractivity contribution in [2.75, 3.05) is 19.5 Å². The van der Waals surface area contributed by atoms with Crippen LogP contribution < -0.4 is 5.32 Å². The van der Waals surface area contributed by atoms with Gasteiger partial charge in [0.05, 0.1) is 31.0 Å². The molecule has 1 aromatic rings. The van der Waals surface area contributed by atoms with E-state index in [-0.39, 0.29) is 16.8 Å². The van der Waals surface area contributed by atoms with Gasteiger partial charge in [-0.2, -0.15) is 0 Å². The Kier molecular flexibility index (Phi) is 5.30. The third kappa shape index (κ3) is 4.00. The molecule has 0 saturated carbocycles. The van der Waals surface area contributed by atoms with E-state index in [9.17, 15) is 19.2 Å². The fourth-order valence-electron chi connectivity index (χ4n) is 2.12. The highest BCUT2D eigenvalue weighted by atomic mass is 16.7. The van der Waals surface area contributed by atoms with Gasteiger partial charge in [0.15, 0.2) is 5.57 Å². The SMILES string of the molecule is COC(=O)c1ccc(C(=O)OC)c(NC=C2C(=O)OC(C)(C)OC2=O)c1. The van der Waals surface area contributed by atoms with Gasteiger partial charge in [-0.25, -0.2) is 19.2 Å². The molecular weight excluding hydrogens is 346 g/mol. The van der Waals surface area contributed by atoms with Crippen LogP contribution in [0.4, 0.5) is 5.69 Å². The van der Waals surface area contributed by atoms with Crippen LogP contribution in [0.2, 0.25) is 0 Å². The minimum atomic E-state index is -1.37. The zero-order valence-electron chi connectivity index (χ0n) is 14.6. The number of hydrogen-bond acceptors (Lipinski definition) is 9. The van der Waals surface area contributed by atoms with Crippen molar-refractivity contribution < 1.29 is 38.1 Å². The Labute approximate surface area is 148 Å². The summed E-state index contributed by atoms with van der Waals surface area (Å²) in [6.07, 6.45) is 1.03. The van der Waals surface area contributed by atoms with Crippen LogP contribution in [-0.2, 0) is 28.5 Å². The highest BCUT2D eigenvalue weighted by molar-refractivity contribution is 6.15. The van der Waals surface area contributed by atoms with E-state index in [1.54, 1.807) is 0 Å². The molecule has 1 aliphatic heterocycles. The Hall–Kier alpha value is -3.36. The molecule has 0 unspecified atom stereocenters. The van der Waals surface area contributed by atoms with Crippen LogP contribution in [0.3, 0.4) is 0 Å². The second-order valence-corrected chi connectivity index (χ2v) is 5.62. The maximum atomic E-state index is 11.9. The van der Waals surface area contributed by atoms with Crippen molar-refractivity contribution in [3.8, 4) is 0 Å². The molecule has 0 bridgehead atoms. The monoisotopic (exact) mass is 363 g/mol. The van der Waals surface area contributed by atoms with Crippen molar-refractivity contribution in [2.45, 2.75) is 19.6 Å². The molecule has 1 heterocycles. The van der Waals surface area contributed by atoms with Gasteiger partial charge in [-0.3, -0.25) is 0 Å². The molecule has 0 atom stereocenters. The van der Waals surface area contributed by atoms with E-state index in [2.05, 4.69) is 14.8 Å². The molecule has 0 spiro atoms. The van der Waals surface area contributed by atoms with Gasteiger partial charge in [-0.05, 0) is 18.2 Å². The maximum absolute atomic E-state index is 11.9. The van der Waals surface area contributed by atoms with Gasteiger partial charge in [-0.1, -0.05) is 0 Å². The van der Waals surface area contributed by atoms with Crippen LogP contribution in [0.1, 0.15) is 34.6 Å². The highest BCUT2D eigenvalue weighted by Gasteiger charge is 2.39. The summed E-state index contributed by atoms with van der Waals surface area (Å²) in [6, 6.07) is 4.04. The summed E-state index contributed by atoms with van der Waals surface area (Å²) in [7, 11) is 2.40. The third-order valence-electron chi connectivity index (χ3n) is 3.33. The second-order valence-electron chi connectivity index (χ2n) is 5.62. The normalized spacial score (nSPS) is 15.5. The number of methoxy groups -OCH3 is 2. The summed E-state index contributed by atoms with van der Waals surface area (Å²) in [4.78, 5) is 47.4. The zero-order valence-corrected chi connectivity index (χ0v) is 14.6. The number of nitrogens with one attached hydrogen (secondary N) is 1. The van der Waals surface area contributed by atoms with E-state index in [0.29, 0.717) is 0 Å². The topological polar surface area (TPSA) is 117 Å². The minimum absolute atomic E-state index is 0.0786. The molecule has 26 heavy (non-hydrogen) atoms. The van der Waals surface area contributed by atoms with Gasteiger partial charge in [0.1, 0.15) is 0 Å². The molecule has 138 valence electrons. The quantitative estimate of drug-likeness (QED) is 0.366. The molecule has 1 aromatic carbocycles. The molecule has 0 radical (unpaired) electrons. The number of cyclic esters (lactones) is 2. The predicted molar refractivity (Wildman–Crippen MR) is 87.1 cm³/mol. The van der Waals surface area contributed by atoms with Crippen molar-refractivity contribution >= 4 is 29.6 Å². The van der Waals surface area contributed by atoms with Crippen LogP contribution in [0.15, 0.2) is 30.0 Å². The average Bonchev–Trinajstić information content (AvgIpc) is 2.58. The summed E-state index contributed by atoms with van der Waals surface area (Å²) in [6.45, 7) is 2.84. The Bertz CT molecular complexity index is 787. The summed E-state index contributed by atoms with van der Waals surface area (Å²) >= 11 is 0. The maximum Gasteiger partial charge on any atom is 0.350 e. The number of esters is 4. The molecule has 9 heteroatoms. The summed E-state index contributed by atoms with van der Waals surface area (Å²) in [5.74, 6) is -4.45. The van der Waals surface area contributed by atoms with Crippen LogP contribution in [0.25, 0.3) is 0 Å².